The van der Waals surface area contributed by atoms with E-state index >= 15 is 0 Å². The van der Waals surface area contributed by atoms with E-state index in [1.165, 1.54) is 13.2 Å². The predicted octanol–water partition coefficient (Wildman–Crippen LogP) is 3.92. The van der Waals surface area contributed by atoms with Crippen molar-refractivity contribution < 1.29 is 9.13 Å². The summed E-state index contributed by atoms with van der Waals surface area (Å²) in [6, 6.07) is 10.1. The molecule has 0 saturated heterocycles. The highest BCUT2D eigenvalue weighted by atomic mass is 79.9. The van der Waals surface area contributed by atoms with Crippen LogP contribution in [0.1, 0.15) is 0 Å². The molecule has 0 unspecified atom stereocenters. The molecule has 5 heteroatoms. The fourth-order valence-electron chi connectivity index (χ4n) is 1.53. The van der Waals surface area contributed by atoms with Crippen molar-refractivity contribution in [2.24, 2.45) is 0 Å². The van der Waals surface area contributed by atoms with Crippen LogP contribution in [0.15, 0.2) is 40.9 Å². The van der Waals surface area contributed by atoms with Crippen LogP contribution in [0.25, 0.3) is 0 Å². The normalized spacial score (nSPS) is 10.2. The lowest BCUT2D eigenvalue weighted by atomic mass is 10.2. The van der Waals surface area contributed by atoms with Crippen LogP contribution in [-0.2, 0) is 0 Å². The lowest BCUT2D eigenvalue weighted by molar-refractivity contribution is 0.386. The van der Waals surface area contributed by atoms with E-state index in [9.17, 15) is 4.39 Å². The van der Waals surface area contributed by atoms with Gasteiger partial charge in [0.25, 0.3) is 0 Å². The van der Waals surface area contributed by atoms with Gasteiger partial charge < -0.3 is 15.8 Å². The van der Waals surface area contributed by atoms with Crippen LogP contribution in [-0.4, -0.2) is 7.11 Å². The van der Waals surface area contributed by atoms with E-state index < -0.39 is 5.82 Å². The van der Waals surface area contributed by atoms with Gasteiger partial charge in [-0.1, -0.05) is 0 Å². The summed E-state index contributed by atoms with van der Waals surface area (Å²) in [7, 11) is 1.43. The van der Waals surface area contributed by atoms with Crippen molar-refractivity contribution in [2.45, 2.75) is 0 Å². The van der Waals surface area contributed by atoms with Gasteiger partial charge in [0.05, 0.1) is 12.8 Å². The first-order valence-corrected chi connectivity index (χ1v) is 6.05. The number of halogens is 2. The highest BCUT2D eigenvalue weighted by Gasteiger charge is 2.05. The van der Waals surface area contributed by atoms with Gasteiger partial charge in [-0.3, -0.25) is 0 Å². The first-order chi connectivity index (χ1) is 8.60. The Bertz CT molecular complexity index is 575. The number of nitrogen functional groups attached to an aromatic ring is 1. The van der Waals surface area contributed by atoms with Crippen LogP contribution < -0.4 is 15.8 Å². The number of hydrogen-bond acceptors (Lipinski definition) is 3. The second-order valence-corrected chi connectivity index (χ2v) is 4.57. The quantitative estimate of drug-likeness (QED) is 0.845. The molecule has 0 radical (unpaired) electrons. The van der Waals surface area contributed by atoms with Gasteiger partial charge >= 0.3 is 0 Å². The van der Waals surface area contributed by atoms with Crippen LogP contribution in [0.4, 0.5) is 21.5 Å². The summed E-state index contributed by atoms with van der Waals surface area (Å²) in [5.41, 5.74) is 7.76. The number of hydrogen-bond donors (Lipinski definition) is 2. The zero-order valence-corrected chi connectivity index (χ0v) is 11.3. The molecule has 0 atom stereocenters. The standard InChI is InChI=1S/C13H12BrFN2O/c1-18-13-5-3-9(7-11(13)15)17-12-4-2-8(16)6-10(12)14/h2-7,17H,16H2,1H3. The Labute approximate surface area is 113 Å². The van der Waals surface area contributed by atoms with Crippen LogP contribution >= 0.6 is 15.9 Å². The second kappa shape index (κ2) is 5.27. The minimum absolute atomic E-state index is 0.219. The highest BCUT2D eigenvalue weighted by molar-refractivity contribution is 9.10. The van der Waals surface area contributed by atoms with Crippen molar-refractivity contribution in [1.29, 1.82) is 0 Å². The van der Waals surface area contributed by atoms with E-state index in [4.69, 9.17) is 10.5 Å². The van der Waals surface area contributed by atoms with Gasteiger partial charge in [0.15, 0.2) is 11.6 Å². The first kappa shape index (κ1) is 12.7. The molecule has 0 aliphatic rings. The van der Waals surface area contributed by atoms with Crippen molar-refractivity contribution in [3.8, 4) is 5.75 Å². The van der Waals surface area contributed by atoms with Gasteiger partial charge in [-0.15, -0.1) is 0 Å². The number of rotatable bonds is 3. The van der Waals surface area contributed by atoms with Crippen LogP contribution in [0, 0.1) is 5.82 Å². The fourth-order valence-corrected chi connectivity index (χ4v) is 2.03. The molecule has 0 aliphatic heterocycles. The molecule has 2 aromatic carbocycles. The van der Waals surface area contributed by atoms with Crippen molar-refractivity contribution >= 4 is 33.0 Å². The summed E-state index contributed by atoms with van der Waals surface area (Å²) in [4.78, 5) is 0. The van der Waals surface area contributed by atoms with E-state index in [-0.39, 0.29) is 5.75 Å². The average Bonchev–Trinajstić information content (AvgIpc) is 2.33. The molecule has 0 saturated carbocycles. The van der Waals surface area contributed by atoms with E-state index in [1.807, 2.05) is 6.07 Å². The topological polar surface area (TPSA) is 47.3 Å². The molecule has 0 heterocycles. The molecule has 2 aromatic rings. The monoisotopic (exact) mass is 310 g/mol. The summed E-state index contributed by atoms with van der Waals surface area (Å²) in [6.07, 6.45) is 0. The van der Waals surface area contributed by atoms with Crippen LogP contribution in [0.5, 0.6) is 5.75 Å². The second-order valence-electron chi connectivity index (χ2n) is 3.71. The van der Waals surface area contributed by atoms with Crippen molar-refractivity contribution in [2.75, 3.05) is 18.2 Å². The summed E-state index contributed by atoms with van der Waals surface area (Å²) >= 11 is 3.39. The average molecular weight is 311 g/mol. The van der Waals surface area contributed by atoms with Crippen molar-refractivity contribution in [1.82, 2.24) is 0 Å². The maximum absolute atomic E-state index is 13.5. The SMILES string of the molecule is COc1ccc(Nc2ccc(N)cc2Br)cc1F. The van der Waals surface area contributed by atoms with E-state index in [1.54, 1.807) is 24.3 Å². The van der Waals surface area contributed by atoms with E-state index in [2.05, 4.69) is 21.2 Å². The molecule has 0 amide bonds. The Morgan fingerprint density at radius 3 is 2.61 bits per heavy atom. The third-order valence-corrected chi connectivity index (χ3v) is 3.08. The number of nitrogens with one attached hydrogen (secondary N) is 1. The Kier molecular flexibility index (Phi) is 3.72. The molecule has 0 spiro atoms. The van der Waals surface area contributed by atoms with Gasteiger partial charge in [-0.25, -0.2) is 4.39 Å². The Morgan fingerprint density at radius 1 is 1.22 bits per heavy atom. The molecule has 0 bridgehead atoms. The van der Waals surface area contributed by atoms with Crippen molar-refractivity contribution in [3.05, 3.63) is 46.7 Å². The number of ether oxygens (including phenoxy) is 1. The molecule has 2 rings (SSSR count). The van der Waals surface area contributed by atoms with Gasteiger partial charge in [0.1, 0.15) is 0 Å². The van der Waals surface area contributed by atoms with Gasteiger partial charge in [0.2, 0.25) is 0 Å². The zero-order chi connectivity index (χ0) is 13.1. The largest absolute Gasteiger partial charge is 0.494 e. The Morgan fingerprint density at radius 2 is 2.00 bits per heavy atom. The first-order valence-electron chi connectivity index (χ1n) is 5.26. The maximum Gasteiger partial charge on any atom is 0.167 e. The van der Waals surface area contributed by atoms with Crippen LogP contribution in [0.2, 0.25) is 0 Å². The van der Waals surface area contributed by atoms with Crippen molar-refractivity contribution in [3.63, 3.8) is 0 Å². The smallest absolute Gasteiger partial charge is 0.167 e. The van der Waals surface area contributed by atoms with Crippen LogP contribution in [0.3, 0.4) is 0 Å². The molecule has 0 aromatic heterocycles. The molecule has 94 valence electrons. The molecular weight excluding hydrogens is 299 g/mol. The summed E-state index contributed by atoms with van der Waals surface area (Å²) in [5, 5.41) is 3.09. The summed E-state index contributed by atoms with van der Waals surface area (Å²) in [6.45, 7) is 0. The van der Waals surface area contributed by atoms with Gasteiger partial charge in [0, 0.05) is 21.9 Å². The minimum atomic E-state index is -0.408. The predicted molar refractivity (Wildman–Crippen MR) is 74.8 cm³/mol. The fraction of sp³-hybridized carbons (Fsp3) is 0.0769. The third kappa shape index (κ3) is 2.73. The molecule has 0 fully saturated rings. The number of anilines is 3. The molecule has 3 N–H and O–H groups in total. The Hall–Kier alpha value is -1.75. The van der Waals surface area contributed by atoms with Gasteiger partial charge in [-0.2, -0.15) is 0 Å². The molecular formula is C13H12BrFN2O. The maximum atomic E-state index is 13.5. The molecule has 0 aliphatic carbocycles. The zero-order valence-electron chi connectivity index (χ0n) is 9.71. The lowest BCUT2D eigenvalue weighted by Crippen LogP contribution is -1.95. The number of benzene rings is 2. The summed E-state index contributed by atoms with van der Waals surface area (Å²) in [5.74, 6) is -0.189. The molecule has 18 heavy (non-hydrogen) atoms. The van der Waals surface area contributed by atoms with E-state index in [0.717, 1.165) is 10.2 Å². The number of nitrogens with two attached hydrogens (primary N) is 1. The third-order valence-electron chi connectivity index (χ3n) is 2.42. The van der Waals surface area contributed by atoms with E-state index in [0.29, 0.717) is 11.4 Å². The summed E-state index contributed by atoms with van der Waals surface area (Å²) < 4.78 is 19.2. The Balaban J connectivity index is 2.26. The highest BCUT2D eigenvalue weighted by Crippen LogP contribution is 2.29. The lowest BCUT2D eigenvalue weighted by Gasteiger charge is -2.10. The molecule has 3 nitrogen and oxygen atoms in total. The van der Waals surface area contributed by atoms with Gasteiger partial charge in [-0.05, 0) is 46.3 Å². The minimum Gasteiger partial charge on any atom is -0.494 e. The number of methoxy groups -OCH3 is 1.